The highest BCUT2D eigenvalue weighted by Gasteiger charge is 2.27. The number of carbonyl (C=O) groups is 1. The molecule has 0 bridgehead atoms. The molecular weight excluding hydrogens is 164 g/mol. The molecule has 0 radical (unpaired) electrons. The largest absolute Gasteiger partial charge is 0.353 e. The van der Waals surface area contributed by atoms with Crippen LogP contribution < -0.4 is 11.1 Å². The van der Waals surface area contributed by atoms with Gasteiger partial charge in [-0.15, -0.1) is 0 Å². The Labute approximate surface area is 80.1 Å². The fourth-order valence-electron chi connectivity index (χ4n) is 1.72. The number of hydrogen-bond acceptors (Lipinski definition) is 2. The normalized spacial score (nSPS) is 30.1. The SMILES string of the molecule is CCC(C)NC(=O)C1CCC(N)C1. The third-order valence-electron chi connectivity index (χ3n) is 2.85. The van der Waals surface area contributed by atoms with E-state index in [9.17, 15) is 4.79 Å². The lowest BCUT2D eigenvalue weighted by Gasteiger charge is -2.15. The Kier molecular flexibility index (Phi) is 3.72. The summed E-state index contributed by atoms with van der Waals surface area (Å²) in [7, 11) is 0. The van der Waals surface area contributed by atoms with Gasteiger partial charge in [0.1, 0.15) is 0 Å². The Bertz CT molecular complexity index is 182. The van der Waals surface area contributed by atoms with Crippen molar-refractivity contribution in [2.75, 3.05) is 0 Å². The summed E-state index contributed by atoms with van der Waals surface area (Å²) in [5, 5.41) is 3.00. The maximum atomic E-state index is 11.6. The van der Waals surface area contributed by atoms with Crippen molar-refractivity contribution < 1.29 is 4.79 Å². The van der Waals surface area contributed by atoms with Gasteiger partial charge in [0.05, 0.1) is 0 Å². The first-order valence-electron chi connectivity index (χ1n) is 5.19. The van der Waals surface area contributed by atoms with E-state index >= 15 is 0 Å². The van der Waals surface area contributed by atoms with Crippen LogP contribution in [0.4, 0.5) is 0 Å². The molecule has 0 aliphatic heterocycles. The van der Waals surface area contributed by atoms with E-state index < -0.39 is 0 Å². The smallest absolute Gasteiger partial charge is 0.223 e. The molecule has 1 amide bonds. The zero-order valence-corrected chi connectivity index (χ0v) is 8.55. The van der Waals surface area contributed by atoms with Crippen LogP contribution in [0.25, 0.3) is 0 Å². The third kappa shape index (κ3) is 2.99. The Morgan fingerprint density at radius 2 is 2.31 bits per heavy atom. The van der Waals surface area contributed by atoms with E-state index in [2.05, 4.69) is 12.2 Å². The molecule has 76 valence electrons. The van der Waals surface area contributed by atoms with Gasteiger partial charge in [0.15, 0.2) is 0 Å². The second-order valence-electron chi connectivity index (χ2n) is 4.09. The van der Waals surface area contributed by atoms with E-state index in [1.807, 2.05) is 6.92 Å². The predicted octanol–water partition coefficient (Wildman–Crippen LogP) is 1.03. The topological polar surface area (TPSA) is 55.1 Å². The van der Waals surface area contributed by atoms with Gasteiger partial charge >= 0.3 is 0 Å². The molecule has 0 heterocycles. The Hall–Kier alpha value is -0.570. The van der Waals surface area contributed by atoms with Crippen LogP contribution in [0.3, 0.4) is 0 Å². The average Bonchev–Trinajstić information content (AvgIpc) is 2.51. The van der Waals surface area contributed by atoms with Crippen LogP contribution in [0, 0.1) is 5.92 Å². The summed E-state index contributed by atoms with van der Waals surface area (Å²) in [5.41, 5.74) is 5.75. The van der Waals surface area contributed by atoms with E-state index in [1.54, 1.807) is 0 Å². The molecule has 1 aliphatic rings. The van der Waals surface area contributed by atoms with Gasteiger partial charge in [0, 0.05) is 18.0 Å². The summed E-state index contributed by atoms with van der Waals surface area (Å²) in [5.74, 6) is 0.367. The van der Waals surface area contributed by atoms with E-state index in [4.69, 9.17) is 5.73 Å². The van der Waals surface area contributed by atoms with Gasteiger partial charge in [-0.2, -0.15) is 0 Å². The standard InChI is InChI=1S/C10H20N2O/c1-3-7(2)12-10(13)8-4-5-9(11)6-8/h7-9H,3-6,11H2,1-2H3,(H,12,13). The first-order chi connectivity index (χ1) is 6.13. The molecule has 3 heteroatoms. The van der Waals surface area contributed by atoms with E-state index in [-0.39, 0.29) is 17.9 Å². The average molecular weight is 184 g/mol. The van der Waals surface area contributed by atoms with Crippen molar-refractivity contribution in [3.63, 3.8) is 0 Å². The summed E-state index contributed by atoms with van der Waals surface area (Å²) in [4.78, 5) is 11.6. The maximum Gasteiger partial charge on any atom is 0.223 e. The van der Waals surface area contributed by atoms with E-state index in [1.165, 1.54) is 0 Å². The molecule has 3 nitrogen and oxygen atoms in total. The van der Waals surface area contributed by atoms with Gasteiger partial charge < -0.3 is 11.1 Å². The van der Waals surface area contributed by atoms with Crippen molar-refractivity contribution in [3.8, 4) is 0 Å². The van der Waals surface area contributed by atoms with Crippen molar-refractivity contribution in [3.05, 3.63) is 0 Å². The Morgan fingerprint density at radius 1 is 1.62 bits per heavy atom. The lowest BCUT2D eigenvalue weighted by molar-refractivity contribution is -0.125. The number of amides is 1. The van der Waals surface area contributed by atoms with Crippen LogP contribution in [0.1, 0.15) is 39.5 Å². The quantitative estimate of drug-likeness (QED) is 0.688. The fraction of sp³-hybridized carbons (Fsp3) is 0.900. The van der Waals surface area contributed by atoms with Gasteiger partial charge in [0.2, 0.25) is 5.91 Å². The highest BCUT2D eigenvalue weighted by molar-refractivity contribution is 5.79. The summed E-state index contributed by atoms with van der Waals surface area (Å²) >= 11 is 0. The van der Waals surface area contributed by atoms with E-state index in [0.717, 1.165) is 25.7 Å². The molecular formula is C10H20N2O. The number of carbonyl (C=O) groups excluding carboxylic acids is 1. The minimum absolute atomic E-state index is 0.170. The summed E-state index contributed by atoms with van der Waals surface area (Å²) in [6.45, 7) is 4.11. The lowest BCUT2D eigenvalue weighted by Crippen LogP contribution is -2.36. The summed E-state index contributed by atoms with van der Waals surface area (Å²) in [6.07, 6.45) is 3.81. The van der Waals surface area contributed by atoms with Crippen LogP contribution in [0.5, 0.6) is 0 Å². The monoisotopic (exact) mass is 184 g/mol. The number of nitrogens with one attached hydrogen (secondary N) is 1. The van der Waals surface area contributed by atoms with Crippen molar-refractivity contribution in [1.82, 2.24) is 5.32 Å². The van der Waals surface area contributed by atoms with Crippen LogP contribution in [-0.4, -0.2) is 18.0 Å². The van der Waals surface area contributed by atoms with Crippen LogP contribution in [-0.2, 0) is 4.79 Å². The first-order valence-corrected chi connectivity index (χ1v) is 5.19. The molecule has 13 heavy (non-hydrogen) atoms. The second kappa shape index (κ2) is 4.61. The van der Waals surface area contributed by atoms with Gasteiger partial charge in [-0.05, 0) is 32.6 Å². The Balaban J connectivity index is 2.31. The van der Waals surface area contributed by atoms with Crippen molar-refractivity contribution >= 4 is 5.91 Å². The van der Waals surface area contributed by atoms with Gasteiger partial charge in [0.25, 0.3) is 0 Å². The molecule has 3 N–H and O–H groups in total. The van der Waals surface area contributed by atoms with Crippen LogP contribution in [0.2, 0.25) is 0 Å². The van der Waals surface area contributed by atoms with Crippen LogP contribution in [0.15, 0.2) is 0 Å². The third-order valence-corrected chi connectivity index (χ3v) is 2.85. The van der Waals surface area contributed by atoms with Gasteiger partial charge in [-0.25, -0.2) is 0 Å². The molecule has 1 aliphatic carbocycles. The summed E-state index contributed by atoms with van der Waals surface area (Å²) < 4.78 is 0. The lowest BCUT2D eigenvalue weighted by atomic mass is 10.1. The van der Waals surface area contributed by atoms with Crippen molar-refractivity contribution in [2.45, 2.75) is 51.6 Å². The molecule has 3 atom stereocenters. The first kappa shape index (κ1) is 10.5. The highest BCUT2D eigenvalue weighted by Crippen LogP contribution is 2.24. The zero-order chi connectivity index (χ0) is 9.84. The minimum atomic E-state index is 0.170. The molecule has 0 aromatic carbocycles. The van der Waals surface area contributed by atoms with Crippen molar-refractivity contribution in [2.24, 2.45) is 11.7 Å². The number of nitrogens with two attached hydrogens (primary N) is 1. The van der Waals surface area contributed by atoms with Crippen molar-refractivity contribution in [1.29, 1.82) is 0 Å². The van der Waals surface area contributed by atoms with E-state index in [0.29, 0.717) is 6.04 Å². The molecule has 0 aromatic heterocycles. The molecule has 1 saturated carbocycles. The molecule has 0 aromatic rings. The minimum Gasteiger partial charge on any atom is -0.353 e. The summed E-state index contributed by atoms with van der Waals surface area (Å²) in [6, 6.07) is 0.539. The van der Waals surface area contributed by atoms with Crippen LogP contribution >= 0.6 is 0 Å². The Morgan fingerprint density at radius 3 is 2.77 bits per heavy atom. The molecule has 3 unspecified atom stereocenters. The fourth-order valence-corrected chi connectivity index (χ4v) is 1.72. The molecule has 0 saturated heterocycles. The molecule has 1 rings (SSSR count). The molecule has 1 fully saturated rings. The maximum absolute atomic E-state index is 11.6. The second-order valence-corrected chi connectivity index (χ2v) is 4.09. The van der Waals surface area contributed by atoms with Gasteiger partial charge in [-0.1, -0.05) is 6.92 Å². The number of rotatable bonds is 3. The van der Waals surface area contributed by atoms with Gasteiger partial charge in [-0.3, -0.25) is 4.79 Å². The highest BCUT2D eigenvalue weighted by atomic mass is 16.1. The predicted molar refractivity (Wildman–Crippen MR) is 53.2 cm³/mol. The zero-order valence-electron chi connectivity index (χ0n) is 8.55. The number of hydrogen-bond donors (Lipinski definition) is 2. The molecule has 0 spiro atoms.